The van der Waals surface area contributed by atoms with Gasteiger partial charge in [0.1, 0.15) is 5.75 Å². The summed E-state index contributed by atoms with van der Waals surface area (Å²) in [5.41, 5.74) is 1.07. The number of nitrogens with one attached hydrogen (secondary N) is 1. The fraction of sp³-hybridized carbons (Fsp3) is 0.667. The molecule has 0 saturated heterocycles. The van der Waals surface area contributed by atoms with E-state index in [9.17, 15) is 0 Å². The molecule has 2 nitrogen and oxygen atoms in total. The summed E-state index contributed by atoms with van der Waals surface area (Å²) in [6.45, 7) is 8.49. The van der Waals surface area contributed by atoms with E-state index in [4.69, 9.17) is 16.3 Å². The summed E-state index contributed by atoms with van der Waals surface area (Å²) in [5.74, 6) is 0.754. The smallest absolute Gasteiger partial charge is 0.138 e. The molecule has 0 aliphatic carbocycles. The lowest BCUT2D eigenvalue weighted by molar-refractivity contribution is 0.242. The second kappa shape index (κ2) is 9.94. The Kier molecular flexibility index (Phi) is 8.60. The molecule has 1 rings (SSSR count). The standard InChI is InChI=1S/C18H30ClNO/c1-5-6-7-8-9-10-15(4)20-16-11-12-18(17(19)13-16)21-14(2)3/h11-15,20H,5-10H2,1-4H3. The molecule has 1 aromatic carbocycles. The summed E-state index contributed by atoms with van der Waals surface area (Å²) in [6, 6.07) is 6.41. The molecular formula is C18H30ClNO. The number of benzene rings is 1. The topological polar surface area (TPSA) is 21.3 Å². The van der Waals surface area contributed by atoms with Crippen molar-refractivity contribution in [3.63, 3.8) is 0 Å². The maximum Gasteiger partial charge on any atom is 0.138 e. The highest BCUT2D eigenvalue weighted by Gasteiger charge is 2.07. The van der Waals surface area contributed by atoms with Crippen molar-refractivity contribution in [3.8, 4) is 5.75 Å². The lowest BCUT2D eigenvalue weighted by Gasteiger charge is -2.17. The Hall–Kier alpha value is -0.890. The number of anilines is 1. The van der Waals surface area contributed by atoms with Gasteiger partial charge in [0, 0.05) is 11.7 Å². The fourth-order valence-electron chi connectivity index (χ4n) is 2.35. The lowest BCUT2D eigenvalue weighted by atomic mass is 10.1. The van der Waals surface area contributed by atoms with E-state index in [1.165, 1.54) is 38.5 Å². The van der Waals surface area contributed by atoms with E-state index >= 15 is 0 Å². The Morgan fingerprint density at radius 3 is 2.43 bits per heavy atom. The summed E-state index contributed by atoms with van der Waals surface area (Å²) in [7, 11) is 0. The van der Waals surface area contributed by atoms with Gasteiger partial charge in [0.2, 0.25) is 0 Å². The monoisotopic (exact) mass is 311 g/mol. The first-order chi connectivity index (χ1) is 10.0. The first-order valence-electron chi connectivity index (χ1n) is 8.25. The zero-order valence-electron chi connectivity index (χ0n) is 13.9. The van der Waals surface area contributed by atoms with Gasteiger partial charge in [-0.3, -0.25) is 0 Å². The van der Waals surface area contributed by atoms with Crippen molar-refractivity contribution in [2.24, 2.45) is 0 Å². The molecule has 120 valence electrons. The fourth-order valence-corrected chi connectivity index (χ4v) is 2.58. The molecule has 0 heterocycles. The third-order valence-electron chi connectivity index (χ3n) is 3.45. The summed E-state index contributed by atoms with van der Waals surface area (Å²) in [5, 5.41) is 4.18. The number of ether oxygens (including phenoxy) is 1. The Balaban J connectivity index is 2.38. The van der Waals surface area contributed by atoms with Gasteiger partial charge in [-0.25, -0.2) is 0 Å². The minimum absolute atomic E-state index is 0.142. The normalized spacial score (nSPS) is 12.5. The van der Waals surface area contributed by atoms with Crippen molar-refractivity contribution in [2.75, 3.05) is 5.32 Å². The Bertz CT molecular complexity index is 406. The van der Waals surface area contributed by atoms with Crippen molar-refractivity contribution in [1.29, 1.82) is 0 Å². The van der Waals surface area contributed by atoms with Crippen LogP contribution in [-0.2, 0) is 0 Å². The molecule has 0 aromatic heterocycles. The average molecular weight is 312 g/mol. The minimum atomic E-state index is 0.142. The van der Waals surface area contributed by atoms with Crippen molar-refractivity contribution < 1.29 is 4.74 Å². The number of unbranched alkanes of at least 4 members (excludes halogenated alkanes) is 4. The SMILES string of the molecule is CCCCCCCC(C)Nc1ccc(OC(C)C)c(Cl)c1. The van der Waals surface area contributed by atoms with Crippen LogP contribution < -0.4 is 10.1 Å². The predicted octanol–water partition coefficient (Wildman–Crippen LogP) is 6.29. The van der Waals surface area contributed by atoms with Crippen LogP contribution in [0.15, 0.2) is 18.2 Å². The lowest BCUT2D eigenvalue weighted by Crippen LogP contribution is -2.15. The number of halogens is 1. The molecule has 0 bridgehead atoms. The van der Waals surface area contributed by atoms with E-state index in [2.05, 4.69) is 19.2 Å². The largest absolute Gasteiger partial charge is 0.489 e. The predicted molar refractivity (Wildman–Crippen MR) is 93.7 cm³/mol. The van der Waals surface area contributed by atoms with E-state index in [-0.39, 0.29) is 6.10 Å². The second-order valence-electron chi connectivity index (χ2n) is 6.06. The summed E-state index contributed by atoms with van der Waals surface area (Å²) in [4.78, 5) is 0. The highest BCUT2D eigenvalue weighted by atomic mass is 35.5. The second-order valence-corrected chi connectivity index (χ2v) is 6.47. The molecular weight excluding hydrogens is 282 g/mol. The van der Waals surface area contributed by atoms with E-state index in [1.54, 1.807) is 0 Å². The van der Waals surface area contributed by atoms with Gasteiger partial charge in [0.05, 0.1) is 11.1 Å². The van der Waals surface area contributed by atoms with E-state index in [0.29, 0.717) is 11.1 Å². The van der Waals surface area contributed by atoms with Gasteiger partial charge >= 0.3 is 0 Å². The maximum atomic E-state index is 6.25. The molecule has 1 N–H and O–H groups in total. The highest BCUT2D eigenvalue weighted by Crippen LogP contribution is 2.29. The minimum Gasteiger partial charge on any atom is -0.489 e. The summed E-state index contributed by atoms with van der Waals surface area (Å²) in [6.07, 6.45) is 7.98. The van der Waals surface area contributed by atoms with Crippen LogP contribution in [0.25, 0.3) is 0 Å². The van der Waals surface area contributed by atoms with Gasteiger partial charge < -0.3 is 10.1 Å². The highest BCUT2D eigenvalue weighted by molar-refractivity contribution is 6.32. The molecule has 0 aliphatic heterocycles. The molecule has 0 radical (unpaired) electrons. The Labute approximate surface area is 135 Å². The third-order valence-corrected chi connectivity index (χ3v) is 3.74. The van der Waals surface area contributed by atoms with Crippen molar-refractivity contribution >= 4 is 17.3 Å². The van der Waals surface area contributed by atoms with Crippen LogP contribution in [-0.4, -0.2) is 12.1 Å². The molecule has 0 aliphatic rings. The number of rotatable bonds is 10. The van der Waals surface area contributed by atoms with Crippen LogP contribution in [0.2, 0.25) is 5.02 Å². The van der Waals surface area contributed by atoms with Crippen LogP contribution >= 0.6 is 11.6 Å². The Morgan fingerprint density at radius 1 is 1.10 bits per heavy atom. The van der Waals surface area contributed by atoms with Crippen molar-refractivity contribution in [1.82, 2.24) is 0 Å². The van der Waals surface area contributed by atoms with Crippen LogP contribution in [0.5, 0.6) is 5.75 Å². The van der Waals surface area contributed by atoms with E-state index in [1.807, 2.05) is 32.0 Å². The maximum absolute atomic E-state index is 6.25. The Morgan fingerprint density at radius 2 is 1.81 bits per heavy atom. The molecule has 0 spiro atoms. The molecule has 1 unspecified atom stereocenters. The zero-order chi connectivity index (χ0) is 15.7. The molecule has 0 amide bonds. The van der Waals surface area contributed by atoms with Gasteiger partial charge in [-0.05, 0) is 45.4 Å². The molecule has 3 heteroatoms. The van der Waals surface area contributed by atoms with Crippen molar-refractivity contribution in [2.45, 2.75) is 78.4 Å². The van der Waals surface area contributed by atoms with Crippen LogP contribution in [0.3, 0.4) is 0 Å². The first-order valence-corrected chi connectivity index (χ1v) is 8.63. The molecule has 21 heavy (non-hydrogen) atoms. The van der Waals surface area contributed by atoms with Crippen LogP contribution in [0.1, 0.15) is 66.2 Å². The van der Waals surface area contributed by atoms with Crippen LogP contribution in [0, 0.1) is 0 Å². The van der Waals surface area contributed by atoms with Gasteiger partial charge in [-0.2, -0.15) is 0 Å². The van der Waals surface area contributed by atoms with Crippen molar-refractivity contribution in [3.05, 3.63) is 23.2 Å². The van der Waals surface area contributed by atoms with E-state index in [0.717, 1.165) is 11.4 Å². The van der Waals surface area contributed by atoms with Gasteiger partial charge in [0.25, 0.3) is 0 Å². The molecule has 1 atom stereocenters. The zero-order valence-corrected chi connectivity index (χ0v) is 14.7. The summed E-state index contributed by atoms with van der Waals surface area (Å²) < 4.78 is 5.65. The van der Waals surface area contributed by atoms with Crippen LogP contribution in [0.4, 0.5) is 5.69 Å². The average Bonchev–Trinajstić information content (AvgIpc) is 2.41. The first kappa shape index (κ1) is 18.2. The molecule has 0 fully saturated rings. The third kappa shape index (κ3) is 7.61. The number of hydrogen-bond acceptors (Lipinski definition) is 2. The van der Waals surface area contributed by atoms with Gasteiger partial charge in [-0.1, -0.05) is 50.6 Å². The molecule has 1 aromatic rings. The van der Waals surface area contributed by atoms with Gasteiger partial charge in [0.15, 0.2) is 0 Å². The summed E-state index contributed by atoms with van der Waals surface area (Å²) >= 11 is 6.25. The quantitative estimate of drug-likeness (QED) is 0.513. The molecule has 0 saturated carbocycles. The van der Waals surface area contributed by atoms with E-state index < -0.39 is 0 Å². The number of hydrogen-bond donors (Lipinski definition) is 1. The van der Waals surface area contributed by atoms with Gasteiger partial charge in [-0.15, -0.1) is 0 Å².